The van der Waals surface area contributed by atoms with Crippen molar-refractivity contribution >= 4 is 17.1 Å². The van der Waals surface area contributed by atoms with Gasteiger partial charge < -0.3 is 10.5 Å². The summed E-state index contributed by atoms with van der Waals surface area (Å²) in [6, 6.07) is 19.4. The molecule has 2 aromatic heterocycles. The number of hydrogen-bond donors (Lipinski definition) is 1. The molecule has 0 unspecified atom stereocenters. The van der Waals surface area contributed by atoms with Crippen molar-refractivity contribution < 1.29 is 9.53 Å². The molecule has 2 heterocycles. The zero-order chi connectivity index (χ0) is 19.5. The molecule has 0 amide bonds. The Morgan fingerprint density at radius 3 is 2.61 bits per heavy atom. The first kappa shape index (κ1) is 17.7. The molecule has 140 valence electrons. The molecule has 0 aliphatic rings. The van der Waals surface area contributed by atoms with Gasteiger partial charge in [0.15, 0.2) is 5.82 Å². The molecule has 0 fully saturated rings. The average molecular weight is 372 g/mol. The zero-order valence-electron chi connectivity index (χ0n) is 15.5. The summed E-state index contributed by atoms with van der Waals surface area (Å²) in [4.78, 5) is 12.5. The van der Waals surface area contributed by atoms with Gasteiger partial charge in [0.25, 0.3) is 0 Å². The summed E-state index contributed by atoms with van der Waals surface area (Å²) in [6.45, 7) is 0. The molecule has 4 aromatic rings. The summed E-state index contributed by atoms with van der Waals surface area (Å²) >= 11 is 0. The molecule has 0 bridgehead atoms. The van der Waals surface area contributed by atoms with E-state index in [9.17, 15) is 4.79 Å². The lowest BCUT2D eigenvalue weighted by atomic mass is 9.99. The molecule has 0 radical (unpaired) electrons. The first-order chi connectivity index (χ1) is 13.7. The number of ketones is 1. The molecule has 6 nitrogen and oxygen atoms in total. The number of anilines is 1. The van der Waals surface area contributed by atoms with Crippen molar-refractivity contribution in [2.24, 2.45) is 0 Å². The molecule has 0 aliphatic carbocycles. The molecule has 28 heavy (non-hydrogen) atoms. The number of Topliss-reactive ketones (excluding diaryl/α,β-unsaturated/α-hetero) is 1. The third kappa shape index (κ3) is 3.44. The van der Waals surface area contributed by atoms with Crippen molar-refractivity contribution in [2.75, 3.05) is 12.8 Å². The van der Waals surface area contributed by atoms with Crippen molar-refractivity contribution in [3.63, 3.8) is 0 Å². The number of carbonyl (C=O) groups is 1. The zero-order valence-corrected chi connectivity index (χ0v) is 15.5. The smallest absolute Gasteiger partial charge is 0.174 e. The summed E-state index contributed by atoms with van der Waals surface area (Å²) in [5.41, 5.74) is 10.6. The van der Waals surface area contributed by atoms with Gasteiger partial charge in [-0.15, -0.1) is 5.10 Å². The molecule has 0 spiro atoms. The number of para-hydroxylation sites is 1. The number of benzene rings is 2. The number of methoxy groups -OCH3 is 1. The highest BCUT2D eigenvalue weighted by Gasteiger charge is 2.12. The Balaban J connectivity index is 1.52. The van der Waals surface area contributed by atoms with E-state index >= 15 is 0 Å². The highest BCUT2D eigenvalue weighted by Crippen LogP contribution is 2.27. The Morgan fingerprint density at radius 2 is 1.82 bits per heavy atom. The second-order valence-corrected chi connectivity index (χ2v) is 6.59. The van der Waals surface area contributed by atoms with Gasteiger partial charge in [-0.05, 0) is 23.3 Å². The lowest BCUT2D eigenvalue weighted by Crippen LogP contribution is -2.07. The van der Waals surface area contributed by atoms with Crippen molar-refractivity contribution in [2.45, 2.75) is 12.8 Å². The van der Waals surface area contributed by atoms with Crippen LogP contribution >= 0.6 is 0 Å². The first-order valence-corrected chi connectivity index (χ1v) is 8.98. The lowest BCUT2D eigenvalue weighted by molar-refractivity contribution is -0.117. The topological polar surface area (TPSA) is 82.5 Å². The van der Waals surface area contributed by atoms with Crippen LogP contribution in [0, 0.1) is 0 Å². The van der Waals surface area contributed by atoms with Crippen LogP contribution in [0.1, 0.15) is 11.1 Å². The molecule has 2 N–H and O–H groups in total. The monoisotopic (exact) mass is 372 g/mol. The molecular weight excluding hydrogens is 352 g/mol. The maximum absolute atomic E-state index is 12.5. The molecular formula is C22H20N4O2. The normalized spacial score (nSPS) is 10.9. The minimum absolute atomic E-state index is 0.142. The summed E-state index contributed by atoms with van der Waals surface area (Å²) in [5, 5.41) is 7.93. The first-order valence-electron chi connectivity index (χ1n) is 8.98. The van der Waals surface area contributed by atoms with E-state index < -0.39 is 0 Å². The summed E-state index contributed by atoms with van der Waals surface area (Å²) in [5.74, 6) is 1.28. The summed E-state index contributed by atoms with van der Waals surface area (Å²) in [7, 11) is 1.62. The fraction of sp³-hybridized carbons (Fsp3) is 0.136. The number of nitrogens with two attached hydrogens (primary N) is 1. The Hall–Kier alpha value is -3.67. The number of carbonyl (C=O) groups excluding carboxylic acids is 1. The van der Waals surface area contributed by atoms with Gasteiger partial charge in [0.2, 0.25) is 0 Å². The van der Waals surface area contributed by atoms with Crippen LogP contribution in [0.15, 0.2) is 66.9 Å². The molecule has 0 aliphatic heterocycles. The fourth-order valence-corrected chi connectivity index (χ4v) is 3.36. The Labute approximate surface area is 162 Å². The number of ether oxygens (including phenoxy) is 1. The summed E-state index contributed by atoms with van der Waals surface area (Å²) < 4.78 is 6.99. The number of hydrogen-bond acceptors (Lipinski definition) is 5. The number of nitrogens with zero attached hydrogens (tertiary/aromatic N) is 3. The van der Waals surface area contributed by atoms with Crippen LogP contribution < -0.4 is 10.5 Å². The summed E-state index contributed by atoms with van der Waals surface area (Å²) in [6.07, 6.45) is 2.54. The SMILES string of the molecule is COc1ccccc1CC(=O)Cc1ccc(-c2cccn3nnc(N)c23)cc1. The van der Waals surface area contributed by atoms with Crippen LogP contribution in [0.25, 0.3) is 16.6 Å². The van der Waals surface area contributed by atoms with Gasteiger partial charge in [-0.3, -0.25) is 4.79 Å². The second kappa shape index (κ2) is 7.52. The Bertz CT molecular complexity index is 1130. The van der Waals surface area contributed by atoms with Gasteiger partial charge in [-0.25, -0.2) is 4.52 Å². The van der Waals surface area contributed by atoms with Crippen LogP contribution in [0.4, 0.5) is 5.82 Å². The van der Waals surface area contributed by atoms with Crippen LogP contribution in [-0.4, -0.2) is 27.7 Å². The van der Waals surface area contributed by atoms with Gasteiger partial charge in [0.05, 0.1) is 7.11 Å². The average Bonchev–Trinajstić information content (AvgIpc) is 3.10. The van der Waals surface area contributed by atoms with Gasteiger partial charge in [0.1, 0.15) is 17.0 Å². The van der Waals surface area contributed by atoms with E-state index in [-0.39, 0.29) is 5.78 Å². The van der Waals surface area contributed by atoms with Crippen molar-refractivity contribution in [1.82, 2.24) is 14.8 Å². The molecule has 2 aromatic carbocycles. The van der Waals surface area contributed by atoms with E-state index in [4.69, 9.17) is 10.5 Å². The predicted molar refractivity (Wildman–Crippen MR) is 108 cm³/mol. The number of rotatable bonds is 6. The second-order valence-electron chi connectivity index (χ2n) is 6.59. The number of nitrogen functional groups attached to an aromatic ring is 1. The number of aromatic nitrogens is 3. The number of fused-ring (bicyclic) bond motifs is 1. The van der Waals surface area contributed by atoms with E-state index in [0.29, 0.717) is 18.7 Å². The number of pyridine rings is 1. The van der Waals surface area contributed by atoms with Crippen LogP contribution in [0.2, 0.25) is 0 Å². The van der Waals surface area contributed by atoms with Gasteiger partial charge in [0, 0.05) is 30.2 Å². The maximum atomic E-state index is 12.5. The molecule has 0 saturated heterocycles. The van der Waals surface area contributed by atoms with Crippen LogP contribution in [0.5, 0.6) is 5.75 Å². The molecule has 4 rings (SSSR count). The molecule has 6 heteroatoms. The fourth-order valence-electron chi connectivity index (χ4n) is 3.36. The highest BCUT2D eigenvalue weighted by atomic mass is 16.5. The Kier molecular flexibility index (Phi) is 4.76. The minimum Gasteiger partial charge on any atom is -0.496 e. The van der Waals surface area contributed by atoms with E-state index in [1.54, 1.807) is 11.6 Å². The maximum Gasteiger partial charge on any atom is 0.174 e. The third-order valence-electron chi connectivity index (χ3n) is 4.71. The van der Waals surface area contributed by atoms with E-state index in [0.717, 1.165) is 33.5 Å². The van der Waals surface area contributed by atoms with Gasteiger partial charge in [-0.2, -0.15) is 0 Å². The van der Waals surface area contributed by atoms with Crippen LogP contribution in [0.3, 0.4) is 0 Å². The largest absolute Gasteiger partial charge is 0.496 e. The van der Waals surface area contributed by atoms with E-state index in [2.05, 4.69) is 10.3 Å². The lowest BCUT2D eigenvalue weighted by Gasteiger charge is -2.08. The highest BCUT2D eigenvalue weighted by molar-refractivity contribution is 5.87. The molecule has 0 saturated carbocycles. The quantitative estimate of drug-likeness (QED) is 0.561. The van der Waals surface area contributed by atoms with Crippen molar-refractivity contribution in [1.29, 1.82) is 0 Å². The standard InChI is InChI=1S/C22H20N4O2/c1-28-20-7-3-2-5-17(20)14-18(27)13-15-8-10-16(11-9-15)19-6-4-12-26-21(19)22(23)24-25-26/h2-12H,13-14,23H2,1H3. The van der Waals surface area contributed by atoms with E-state index in [1.165, 1.54) is 0 Å². The predicted octanol–water partition coefficient (Wildman–Crippen LogP) is 3.34. The van der Waals surface area contributed by atoms with Gasteiger partial charge >= 0.3 is 0 Å². The van der Waals surface area contributed by atoms with Gasteiger partial charge in [-0.1, -0.05) is 53.7 Å². The van der Waals surface area contributed by atoms with Crippen molar-refractivity contribution in [3.05, 3.63) is 78.0 Å². The molecule has 0 atom stereocenters. The van der Waals surface area contributed by atoms with Crippen LogP contribution in [-0.2, 0) is 17.6 Å². The third-order valence-corrected chi connectivity index (χ3v) is 4.71. The minimum atomic E-state index is 0.142. The Morgan fingerprint density at radius 1 is 1.04 bits per heavy atom. The van der Waals surface area contributed by atoms with E-state index in [1.807, 2.05) is 66.9 Å². The van der Waals surface area contributed by atoms with Crippen molar-refractivity contribution in [3.8, 4) is 16.9 Å².